The van der Waals surface area contributed by atoms with Gasteiger partial charge in [0.15, 0.2) is 0 Å². The molecule has 2 rings (SSSR count). The van der Waals surface area contributed by atoms with Crippen LogP contribution in [0.3, 0.4) is 0 Å². The Balaban J connectivity index is 1.92. The van der Waals surface area contributed by atoms with Crippen molar-refractivity contribution in [1.29, 1.82) is 0 Å². The maximum absolute atomic E-state index is 11.0. The fourth-order valence-electron chi connectivity index (χ4n) is 1.63. The Bertz CT molecular complexity index is 528. The maximum Gasteiger partial charge on any atom is 0.134 e. The molecule has 1 aromatic carbocycles. The monoisotopic (exact) mass is 245 g/mol. The second-order valence-corrected chi connectivity index (χ2v) is 4.24. The fraction of sp³-hybridized carbons (Fsp3) is 0.286. The highest BCUT2D eigenvalue weighted by Gasteiger charge is 2.02. The van der Waals surface area contributed by atoms with E-state index >= 15 is 0 Å². The van der Waals surface area contributed by atoms with Crippen molar-refractivity contribution in [1.82, 2.24) is 5.16 Å². The molecular formula is C14H15NO3. The Morgan fingerprint density at radius 2 is 2.06 bits per heavy atom. The molecule has 94 valence electrons. The molecule has 1 aromatic heterocycles. The molecular weight excluding hydrogens is 230 g/mol. The van der Waals surface area contributed by atoms with Crippen LogP contribution < -0.4 is 4.74 Å². The SMILES string of the molecule is CC(=O)Cc1ccc(OCc2cc(C)on2)cc1. The fourth-order valence-corrected chi connectivity index (χ4v) is 1.63. The number of hydrogen-bond donors (Lipinski definition) is 0. The number of ketones is 1. The van der Waals surface area contributed by atoms with Gasteiger partial charge >= 0.3 is 0 Å². The van der Waals surface area contributed by atoms with Gasteiger partial charge in [-0.15, -0.1) is 0 Å². The van der Waals surface area contributed by atoms with E-state index in [-0.39, 0.29) is 5.78 Å². The van der Waals surface area contributed by atoms with Gasteiger partial charge in [-0.2, -0.15) is 0 Å². The van der Waals surface area contributed by atoms with Crippen LogP contribution in [-0.4, -0.2) is 10.9 Å². The van der Waals surface area contributed by atoms with Crippen LogP contribution in [0.25, 0.3) is 0 Å². The summed E-state index contributed by atoms with van der Waals surface area (Å²) < 4.78 is 10.5. The summed E-state index contributed by atoms with van der Waals surface area (Å²) in [4.78, 5) is 11.0. The van der Waals surface area contributed by atoms with E-state index in [2.05, 4.69) is 5.16 Å². The Hall–Kier alpha value is -2.10. The van der Waals surface area contributed by atoms with Crippen LogP contribution in [0.2, 0.25) is 0 Å². The molecule has 0 bridgehead atoms. The van der Waals surface area contributed by atoms with Crippen molar-refractivity contribution in [2.24, 2.45) is 0 Å². The largest absolute Gasteiger partial charge is 0.487 e. The average molecular weight is 245 g/mol. The Labute approximate surface area is 106 Å². The highest BCUT2D eigenvalue weighted by molar-refractivity contribution is 5.78. The average Bonchev–Trinajstić information content (AvgIpc) is 2.74. The molecule has 0 unspecified atom stereocenters. The number of nitrogens with zero attached hydrogens (tertiary/aromatic N) is 1. The zero-order valence-corrected chi connectivity index (χ0v) is 10.5. The molecule has 0 radical (unpaired) electrons. The van der Waals surface area contributed by atoms with Crippen LogP contribution in [0.4, 0.5) is 0 Å². The Morgan fingerprint density at radius 1 is 1.33 bits per heavy atom. The number of aryl methyl sites for hydroxylation is 1. The lowest BCUT2D eigenvalue weighted by Crippen LogP contribution is -1.98. The molecule has 0 spiro atoms. The van der Waals surface area contributed by atoms with Gasteiger partial charge in [0.2, 0.25) is 0 Å². The molecule has 2 aromatic rings. The molecule has 0 aliphatic rings. The van der Waals surface area contributed by atoms with E-state index in [1.54, 1.807) is 6.92 Å². The number of carbonyl (C=O) groups is 1. The third kappa shape index (κ3) is 3.45. The van der Waals surface area contributed by atoms with Gasteiger partial charge in [-0.3, -0.25) is 4.79 Å². The molecule has 0 fully saturated rings. The lowest BCUT2D eigenvalue weighted by Gasteiger charge is -2.04. The van der Waals surface area contributed by atoms with Crippen LogP contribution in [0.1, 0.15) is 23.9 Å². The first kappa shape index (κ1) is 12.4. The summed E-state index contributed by atoms with van der Waals surface area (Å²) in [6.07, 6.45) is 0.461. The quantitative estimate of drug-likeness (QED) is 0.812. The summed E-state index contributed by atoms with van der Waals surface area (Å²) in [5, 5.41) is 3.84. The van der Waals surface area contributed by atoms with Crippen molar-refractivity contribution in [3.63, 3.8) is 0 Å². The summed E-state index contributed by atoms with van der Waals surface area (Å²) >= 11 is 0. The maximum atomic E-state index is 11.0. The predicted octanol–water partition coefficient (Wildman–Crippen LogP) is 2.69. The van der Waals surface area contributed by atoms with Crippen molar-refractivity contribution in [2.45, 2.75) is 26.9 Å². The van der Waals surface area contributed by atoms with Gasteiger partial charge in [0, 0.05) is 12.5 Å². The summed E-state index contributed by atoms with van der Waals surface area (Å²) in [5.74, 6) is 1.68. The molecule has 0 aliphatic heterocycles. The first-order chi connectivity index (χ1) is 8.63. The van der Waals surface area contributed by atoms with Crippen LogP contribution in [0.15, 0.2) is 34.9 Å². The second-order valence-electron chi connectivity index (χ2n) is 4.24. The first-order valence-corrected chi connectivity index (χ1v) is 5.77. The van der Waals surface area contributed by atoms with Gasteiger partial charge in [0.25, 0.3) is 0 Å². The van der Waals surface area contributed by atoms with Crippen LogP contribution in [0.5, 0.6) is 5.75 Å². The molecule has 0 saturated heterocycles. The third-order valence-electron chi connectivity index (χ3n) is 2.44. The summed E-state index contributed by atoms with van der Waals surface area (Å²) in [5.41, 5.74) is 1.76. The van der Waals surface area contributed by atoms with E-state index < -0.39 is 0 Å². The molecule has 0 N–H and O–H groups in total. The standard InChI is InChI=1S/C14H15NO3/c1-10(16)7-12-3-5-14(6-4-12)17-9-13-8-11(2)18-15-13/h3-6,8H,7,9H2,1-2H3. The molecule has 4 heteroatoms. The topological polar surface area (TPSA) is 52.3 Å². The van der Waals surface area contributed by atoms with E-state index in [0.717, 1.165) is 22.8 Å². The van der Waals surface area contributed by atoms with Crippen molar-refractivity contribution in [3.05, 3.63) is 47.3 Å². The van der Waals surface area contributed by atoms with Gasteiger partial charge in [0.1, 0.15) is 29.6 Å². The van der Waals surface area contributed by atoms with Crippen molar-refractivity contribution < 1.29 is 14.1 Å². The number of benzene rings is 1. The molecule has 0 atom stereocenters. The molecule has 0 aliphatic carbocycles. The molecule has 0 saturated carbocycles. The Kier molecular flexibility index (Phi) is 3.77. The van der Waals surface area contributed by atoms with E-state index in [4.69, 9.17) is 9.26 Å². The number of ether oxygens (including phenoxy) is 1. The van der Waals surface area contributed by atoms with Crippen LogP contribution in [-0.2, 0) is 17.8 Å². The van der Waals surface area contributed by atoms with Gasteiger partial charge in [-0.25, -0.2) is 0 Å². The Morgan fingerprint density at radius 3 is 2.61 bits per heavy atom. The number of carbonyl (C=O) groups excluding carboxylic acids is 1. The predicted molar refractivity (Wildman–Crippen MR) is 66.4 cm³/mol. The van der Waals surface area contributed by atoms with E-state index in [9.17, 15) is 4.79 Å². The van der Waals surface area contributed by atoms with Crippen molar-refractivity contribution >= 4 is 5.78 Å². The first-order valence-electron chi connectivity index (χ1n) is 5.77. The lowest BCUT2D eigenvalue weighted by atomic mass is 10.1. The van der Waals surface area contributed by atoms with Gasteiger partial charge in [0.05, 0.1) is 0 Å². The van der Waals surface area contributed by atoms with Gasteiger partial charge in [-0.1, -0.05) is 17.3 Å². The molecule has 18 heavy (non-hydrogen) atoms. The van der Waals surface area contributed by atoms with Crippen LogP contribution >= 0.6 is 0 Å². The lowest BCUT2D eigenvalue weighted by molar-refractivity contribution is -0.116. The molecule has 1 heterocycles. The summed E-state index contributed by atoms with van der Waals surface area (Å²) in [7, 11) is 0. The highest BCUT2D eigenvalue weighted by atomic mass is 16.5. The number of hydrogen-bond acceptors (Lipinski definition) is 4. The van der Waals surface area contributed by atoms with Crippen LogP contribution in [0, 0.1) is 6.92 Å². The minimum atomic E-state index is 0.154. The zero-order chi connectivity index (χ0) is 13.0. The summed E-state index contributed by atoms with van der Waals surface area (Å²) in [6, 6.07) is 9.33. The van der Waals surface area contributed by atoms with E-state index in [1.807, 2.05) is 37.3 Å². The van der Waals surface area contributed by atoms with Gasteiger partial charge in [-0.05, 0) is 31.5 Å². The normalized spacial score (nSPS) is 10.3. The highest BCUT2D eigenvalue weighted by Crippen LogP contribution is 2.14. The minimum absolute atomic E-state index is 0.154. The second kappa shape index (κ2) is 5.49. The smallest absolute Gasteiger partial charge is 0.134 e. The number of aromatic nitrogens is 1. The van der Waals surface area contributed by atoms with Gasteiger partial charge < -0.3 is 9.26 Å². The van der Waals surface area contributed by atoms with Crippen molar-refractivity contribution in [3.8, 4) is 5.75 Å². The number of rotatable bonds is 5. The molecule has 0 amide bonds. The minimum Gasteiger partial charge on any atom is -0.487 e. The molecule has 4 nitrogen and oxygen atoms in total. The number of Topliss-reactive ketones (excluding diaryl/α,β-unsaturated/α-hetero) is 1. The van der Waals surface area contributed by atoms with E-state index in [1.165, 1.54) is 0 Å². The van der Waals surface area contributed by atoms with Crippen molar-refractivity contribution in [2.75, 3.05) is 0 Å². The van der Waals surface area contributed by atoms with E-state index in [0.29, 0.717) is 13.0 Å². The third-order valence-corrected chi connectivity index (χ3v) is 2.44. The summed E-state index contributed by atoms with van der Waals surface area (Å²) in [6.45, 7) is 3.80. The zero-order valence-electron chi connectivity index (χ0n) is 10.5.